The van der Waals surface area contributed by atoms with E-state index < -0.39 is 15.7 Å². The molecule has 36 heavy (non-hydrogen) atoms. The maximum Gasteiger partial charge on any atom is 0.268 e. The van der Waals surface area contributed by atoms with Gasteiger partial charge in [0, 0.05) is 11.5 Å². The normalized spacial score (nSPS) is 11.7. The van der Waals surface area contributed by atoms with Gasteiger partial charge in [-0.1, -0.05) is 50.2 Å². The summed E-state index contributed by atoms with van der Waals surface area (Å²) in [5.74, 6) is 0.0762. The highest BCUT2D eigenvalue weighted by molar-refractivity contribution is 7.91. The third-order valence-corrected chi connectivity index (χ3v) is 7.23. The Morgan fingerprint density at radius 2 is 1.92 bits per heavy atom. The Bertz CT molecular complexity index is 1380. The molecule has 9 nitrogen and oxygen atoms in total. The Kier molecular flexibility index (Phi) is 9.16. The van der Waals surface area contributed by atoms with E-state index in [9.17, 15) is 18.5 Å². The molecule has 1 aromatic heterocycles. The van der Waals surface area contributed by atoms with E-state index >= 15 is 0 Å². The van der Waals surface area contributed by atoms with Gasteiger partial charge in [0.1, 0.15) is 18.2 Å². The lowest BCUT2D eigenvalue weighted by Gasteiger charge is -2.13. The van der Waals surface area contributed by atoms with E-state index in [4.69, 9.17) is 9.47 Å². The Morgan fingerprint density at radius 1 is 1.17 bits per heavy atom. The number of ether oxygens (including phenoxy) is 2. The molecule has 1 amide bonds. The van der Waals surface area contributed by atoms with Crippen LogP contribution in [0.4, 0.5) is 5.13 Å². The Labute approximate surface area is 214 Å². The molecule has 1 heterocycles. The molecule has 0 fully saturated rings. The quantitative estimate of drug-likeness (QED) is 0.286. The van der Waals surface area contributed by atoms with Crippen LogP contribution in [0.3, 0.4) is 0 Å². The molecule has 0 aliphatic carbocycles. The number of rotatable bonds is 11. The van der Waals surface area contributed by atoms with Gasteiger partial charge in [0.15, 0.2) is 11.5 Å². The van der Waals surface area contributed by atoms with Crippen LogP contribution in [0, 0.1) is 17.2 Å². The first-order valence-electron chi connectivity index (χ1n) is 11.1. The Balaban J connectivity index is 1.75. The first kappa shape index (κ1) is 26.8. The average molecular weight is 527 g/mol. The van der Waals surface area contributed by atoms with E-state index in [1.54, 1.807) is 32.0 Å². The minimum atomic E-state index is -3.65. The number of amides is 1. The van der Waals surface area contributed by atoms with Crippen LogP contribution in [-0.2, 0) is 21.2 Å². The van der Waals surface area contributed by atoms with Crippen LogP contribution in [-0.4, -0.2) is 36.0 Å². The highest BCUT2D eigenvalue weighted by atomic mass is 32.2. The number of hydrogen-bond acceptors (Lipinski definition) is 9. The molecule has 2 aromatic carbocycles. The summed E-state index contributed by atoms with van der Waals surface area (Å²) in [6, 6.07) is 16.6. The van der Waals surface area contributed by atoms with Crippen LogP contribution in [0.2, 0.25) is 0 Å². The zero-order valence-electron chi connectivity index (χ0n) is 20.1. The lowest BCUT2D eigenvalue weighted by Crippen LogP contribution is -2.15. The lowest BCUT2D eigenvalue weighted by atomic mass is 10.1. The molecular formula is C25H26N4O5S2. The van der Waals surface area contributed by atoms with Crippen molar-refractivity contribution >= 4 is 38.5 Å². The van der Waals surface area contributed by atoms with Gasteiger partial charge in [-0.05, 0) is 42.2 Å². The molecule has 11 heteroatoms. The molecule has 0 saturated heterocycles. The second-order valence-corrected chi connectivity index (χ2v) is 10.8. The fraction of sp³-hybridized carbons (Fsp3) is 0.280. The Hall–Kier alpha value is -3.75. The number of hydrogen-bond donors (Lipinski definition) is 1. The number of nitriles is 1. The van der Waals surface area contributed by atoms with E-state index in [0.29, 0.717) is 30.3 Å². The number of sulfone groups is 1. The van der Waals surface area contributed by atoms with Crippen LogP contribution in [0.15, 0.2) is 59.3 Å². The summed E-state index contributed by atoms with van der Waals surface area (Å²) in [6.45, 7) is 6.15. The second-order valence-electron chi connectivity index (χ2n) is 8.09. The molecule has 0 aliphatic rings. The van der Waals surface area contributed by atoms with E-state index in [2.05, 4.69) is 14.7 Å². The molecule has 0 radical (unpaired) electrons. The average Bonchev–Trinajstić information content (AvgIpc) is 3.31. The summed E-state index contributed by atoms with van der Waals surface area (Å²) in [7, 11) is -3.65. The van der Waals surface area contributed by atoms with Crippen molar-refractivity contribution in [2.24, 2.45) is 5.92 Å². The number of carbonyl (C=O) groups excluding carboxylic acids is 1. The number of anilines is 1. The molecular weight excluding hydrogens is 500 g/mol. The van der Waals surface area contributed by atoms with Crippen molar-refractivity contribution < 1.29 is 22.7 Å². The zero-order valence-corrected chi connectivity index (χ0v) is 21.7. The van der Waals surface area contributed by atoms with Crippen molar-refractivity contribution in [2.45, 2.75) is 32.5 Å². The summed E-state index contributed by atoms with van der Waals surface area (Å²) in [6.07, 6.45) is 1.40. The van der Waals surface area contributed by atoms with Crippen molar-refractivity contribution in [2.75, 3.05) is 17.7 Å². The number of benzene rings is 2. The van der Waals surface area contributed by atoms with Gasteiger partial charge in [-0.2, -0.15) is 14.6 Å². The molecule has 3 aromatic rings. The topological polar surface area (TPSA) is 131 Å². The van der Waals surface area contributed by atoms with Crippen molar-refractivity contribution in [1.82, 2.24) is 9.36 Å². The maximum absolute atomic E-state index is 12.7. The van der Waals surface area contributed by atoms with Crippen LogP contribution in [0.25, 0.3) is 6.08 Å². The predicted octanol–water partition coefficient (Wildman–Crippen LogP) is 4.49. The molecule has 0 saturated carbocycles. The summed E-state index contributed by atoms with van der Waals surface area (Å²) in [5, 5.41) is 11.6. The Morgan fingerprint density at radius 3 is 2.58 bits per heavy atom. The monoisotopic (exact) mass is 526 g/mol. The van der Waals surface area contributed by atoms with Gasteiger partial charge in [0.05, 0.1) is 12.4 Å². The number of aromatic nitrogens is 2. The molecule has 0 spiro atoms. The number of nitrogens with zero attached hydrogens (tertiary/aromatic N) is 3. The van der Waals surface area contributed by atoms with E-state index in [-0.39, 0.29) is 27.5 Å². The molecule has 0 aliphatic heterocycles. The van der Waals surface area contributed by atoms with E-state index in [1.165, 1.54) is 6.08 Å². The first-order valence-corrected chi connectivity index (χ1v) is 13.6. The standard InChI is InChI=1S/C25H26N4O5S2/c1-4-33-22-13-19(10-11-21(22)34-15-18-8-6-5-7-9-18)12-20(14-26)23(30)27-24-28-25(29-35-24)36(31,32)16-17(2)3/h5-13,17H,4,15-16H2,1-3H3,(H,27,28,29,30). The maximum atomic E-state index is 12.7. The summed E-state index contributed by atoms with van der Waals surface area (Å²) >= 11 is 0.735. The summed E-state index contributed by atoms with van der Waals surface area (Å²) in [4.78, 5) is 16.6. The molecule has 0 bridgehead atoms. The minimum Gasteiger partial charge on any atom is -0.490 e. The van der Waals surface area contributed by atoms with Gasteiger partial charge in [-0.25, -0.2) is 8.42 Å². The summed E-state index contributed by atoms with van der Waals surface area (Å²) < 4.78 is 40.0. The second kappa shape index (κ2) is 12.3. The van der Waals surface area contributed by atoms with E-state index in [1.807, 2.05) is 43.3 Å². The summed E-state index contributed by atoms with van der Waals surface area (Å²) in [5.41, 5.74) is 1.36. The van der Waals surface area contributed by atoms with Gasteiger partial charge in [0.25, 0.3) is 11.1 Å². The molecule has 0 atom stereocenters. The van der Waals surface area contributed by atoms with E-state index in [0.717, 1.165) is 17.1 Å². The first-order chi connectivity index (χ1) is 17.2. The zero-order chi connectivity index (χ0) is 26.1. The number of carbonyl (C=O) groups is 1. The predicted molar refractivity (Wildman–Crippen MR) is 137 cm³/mol. The SMILES string of the molecule is CCOc1cc(C=C(C#N)C(=O)Nc2nc(S(=O)(=O)CC(C)C)ns2)ccc1OCc1ccccc1. The number of nitrogens with one attached hydrogen (secondary N) is 1. The van der Waals surface area contributed by atoms with Crippen molar-refractivity contribution in [1.29, 1.82) is 5.26 Å². The van der Waals surface area contributed by atoms with Crippen LogP contribution in [0.1, 0.15) is 31.9 Å². The fourth-order valence-corrected chi connectivity index (χ4v) is 5.47. The molecule has 188 valence electrons. The van der Waals surface area contributed by atoms with Gasteiger partial charge in [-0.15, -0.1) is 0 Å². The molecule has 3 rings (SSSR count). The van der Waals surface area contributed by atoms with Crippen molar-refractivity contribution in [3.8, 4) is 17.6 Å². The van der Waals surface area contributed by atoms with Crippen LogP contribution >= 0.6 is 11.5 Å². The molecule has 0 unspecified atom stereocenters. The van der Waals surface area contributed by atoms with Crippen LogP contribution in [0.5, 0.6) is 11.5 Å². The van der Waals surface area contributed by atoms with Crippen LogP contribution < -0.4 is 14.8 Å². The lowest BCUT2D eigenvalue weighted by molar-refractivity contribution is -0.112. The van der Waals surface area contributed by atoms with Crippen molar-refractivity contribution in [3.05, 3.63) is 65.2 Å². The third kappa shape index (κ3) is 7.37. The van der Waals surface area contributed by atoms with Gasteiger partial charge >= 0.3 is 0 Å². The van der Waals surface area contributed by atoms with Gasteiger partial charge < -0.3 is 9.47 Å². The van der Waals surface area contributed by atoms with Gasteiger partial charge in [0.2, 0.25) is 15.0 Å². The highest BCUT2D eigenvalue weighted by Crippen LogP contribution is 2.30. The van der Waals surface area contributed by atoms with Gasteiger partial charge in [-0.3, -0.25) is 10.1 Å². The smallest absolute Gasteiger partial charge is 0.268 e. The largest absolute Gasteiger partial charge is 0.490 e. The highest BCUT2D eigenvalue weighted by Gasteiger charge is 2.23. The van der Waals surface area contributed by atoms with Crippen molar-refractivity contribution in [3.63, 3.8) is 0 Å². The minimum absolute atomic E-state index is 0.0110. The third-order valence-electron chi connectivity index (χ3n) is 4.64. The molecule has 1 N–H and O–H groups in total. The fourth-order valence-electron chi connectivity index (χ4n) is 3.12.